The number of hydrogen-bond donors (Lipinski definition) is 1. The zero-order valence-corrected chi connectivity index (χ0v) is 18.4. The zero-order valence-electron chi connectivity index (χ0n) is 16.1. The number of likely N-dealkylation sites (tertiary alicyclic amines) is 1. The first-order valence-electron chi connectivity index (χ1n) is 8.77. The van der Waals surface area contributed by atoms with Gasteiger partial charge in [-0.15, -0.1) is 30.4 Å². The Labute approximate surface area is 178 Å². The Balaban J connectivity index is 0.00000364. The van der Waals surface area contributed by atoms with Gasteiger partial charge in [0.1, 0.15) is 12.4 Å². The summed E-state index contributed by atoms with van der Waals surface area (Å²) in [6, 6.07) is 7.90. The van der Waals surface area contributed by atoms with E-state index < -0.39 is 0 Å². The van der Waals surface area contributed by atoms with Gasteiger partial charge >= 0.3 is 5.97 Å². The average Bonchev–Trinajstić information content (AvgIpc) is 3.05. The van der Waals surface area contributed by atoms with Crippen LogP contribution in [0.1, 0.15) is 12.5 Å². The Bertz CT molecular complexity index is 670. The molecule has 0 saturated carbocycles. The number of carbonyl (C=O) groups excluding carboxylic acids is 1. The number of terminal acetylenes is 1. The summed E-state index contributed by atoms with van der Waals surface area (Å²) in [4.78, 5) is 18.3. The lowest BCUT2D eigenvalue weighted by Crippen LogP contribution is -2.41. The number of carbonyl (C=O) groups is 1. The first-order valence-corrected chi connectivity index (χ1v) is 8.77. The first kappa shape index (κ1) is 23.1. The largest absolute Gasteiger partial charge is 0.481 e. The summed E-state index contributed by atoms with van der Waals surface area (Å²) in [6.07, 6.45) is 6.04. The number of aliphatic imine (C=N–C) groups is 1. The fourth-order valence-corrected chi connectivity index (χ4v) is 3.13. The van der Waals surface area contributed by atoms with E-state index in [2.05, 4.69) is 28.1 Å². The minimum Gasteiger partial charge on any atom is -0.481 e. The third-order valence-corrected chi connectivity index (χ3v) is 4.57. The summed E-state index contributed by atoms with van der Waals surface area (Å²) in [5.74, 6) is 4.03. The standard InChI is InChI=1S/C20H27N3O3.HI/c1-5-12-26-17-8-6-16(7-9-17)10-11-22-20(21-3)23-13-15(2)18(14-23)19(24)25-4;/h1,6-9,15,18H,10-14H2,2-4H3,(H,21,22);1H. The van der Waals surface area contributed by atoms with Gasteiger partial charge in [0, 0.05) is 26.7 Å². The molecular weight excluding hydrogens is 457 g/mol. The number of hydrogen-bond acceptors (Lipinski definition) is 4. The molecule has 0 aromatic heterocycles. The number of nitrogens with zero attached hydrogens (tertiary/aromatic N) is 2. The number of halogens is 1. The monoisotopic (exact) mass is 485 g/mol. The van der Waals surface area contributed by atoms with E-state index >= 15 is 0 Å². The predicted octanol–water partition coefficient (Wildman–Crippen LogP) is 2.18. The summed E-state index contributed by atoms with van der Waals surface area (Å²) in [5, 5.41) is 3.37. The van der Waals surface area contributed by atoms with Gasteiger partial charge in [-0.05, 0) is 30.0 Å². The topological polar surface area (TPSA) is 63.2 Å². The highest BCUT2D eigenvalue weighted by Gasteiger charge is 2.36. The summed E-state index contributed by atoms with van der Waals surface area (Å²) in [5.41, 5.74) is 1.20. The van der Waals surface area contributed by atoms with Crippen LogP contribution in [-0.2, 0) is 16.0 Å². The Hall–Kier alpha value is -1.95. The Morgan fingerprint density at radius 2 is 2.07 bits per heavy atom. The fraction of sp³-hybridized carbons (Fsp3) is 0.500. The van der Waals surface area contributed by atoms with Gasteiger partial charge in [-0.25, -0.2) is 0 Å². The van der Waals surface area contributed by atoms with E-state index in [1.165, 1.54) is 12.7 Å². The molecule has 1 saturated heterocycles. The molecule has 27 heavy (non-hydrogen) atoms. The van der Waals surface area contributed by atoms with Crippen LogP contribution in [0.5, 0.6) is 5.75 Å². The van der Waals surface area contributed by atoms with Gasteiger partial charge in [0.15, 0.2) is 5.96 Å². The number of ether oxygens (including phenoxy) is 2. The molecule has 2 unspecified atom stereocenters. The molecular formula is C20H28IN3O3. The smallest absolute Gasteiger partial charge is 0.310 e. The number of methoxy groups -OCH3 is 1. The maximum Gasteiger partial charge on any atom is 0.310 e. The normalized spacial score (nSPS) is 19.0. The molecule has 1 heterocycles. The van der Waals surface area contributed by atoms with Crippen molar-refractivity contribution in [3.05, 3.63) is 29.8 Å². The van der Waals surface area contributed by atoms with Crippen molar-refractivity contribution in [2.75, 3.05) is 40.4 Å². The zero-order chi connectivity index (χ0) is 18.9. The minimum atomic E-state index is -0.150. The average molecular weight is 485 g/mol. The van der Waals surface area contributed by atoms with Crippen molar-refractivity contribution >= 4 is 35.9 Å². The highest BCUT2D eigenvalue weighted by Crippen LogP contribution is 2.24. The van der Waals surface area contributed by atoms with Gasteiger partial charge in [0.2, 0.25) is 0 Å². The van der Waals surface area contributed by atoms with Crippen molar-refractivity contribution in [2.45, 2.75) is 13.3 Å². The second kappa shape index (κ2) is 11.7. The summed E-state index contributed by atoms with van der Waals surface area (Å²) in [7, 11) is 3.20. The van der Waals surface area contributed by atoms with E-state index in [1.807, 2.05) is 24.3 Å². The van der Waals surface area contributed by atoms with E-state index in [-0.39, 0.29) is 48.4 Å². The minimum absolute atomic E-state index is 0. The maximum absolute atomic E-state index is 11.8. The van der Waals surface area contributed by atoms with Crippen LogP contribution in [0.4, 0.5) is 0 Å². The molecule has 7 heteroatoms. The van der Waals surface area contributed by atoms with Gasteiger partial charge < -0.3 is 19.7 Å². The number of rotatable bonds is 6. The van der Waals surface area contributed by atoms with Gasteiger partial charge in [0.05, 0.1) is 13.0 Å². The maximum atomic E-state index is 11.8. The SMILES string of the molecule is C#CCOc1ccc(CCNC(=NC)N2CC(C)C(C(=O)OC)C2)cc1.I. The Morgan fingerprint density at radius 1 is 1.37 bits per heavy atom. The molecule has 1 aromatic rings. The number of esters is 1. The van der Waals surface area contributed by atoms with Crippen molar-refractivity contribution in [1.29, 1.82) is 0 Å². The molecule has 0 spiro atoms. The lowest BCUT2D eigenvalue weighted by molar-refractivity contribution is -0.145. The molecule has 2 atom stereocenters. The molecule has 0 amide bonds. The number of nitrogens with one attached hydrogen (secondary N) is 1. The van der Waals surface area contributed by atoms with Crippen LogP contribution in [0.3, 0.4) is 0 Å². The van der Waals surface area contributed by atoms with Crippen LogP contribution in [-0.4, -0.2) is 57.2 Å². The highest BCUT2D eigenvalue weighted by molar-refractivity contribution is 14.0. The third kappa shape index (κ3) is 6.61. The quantitative estimate of drug-likeness (QED) is 0.220. The van der Waals surface area contributed by atoms with Crippen LogP contribution in [0, 0.1) is 24.2 Å². The summed E-state index contributed by atoms with van der Waals surface area (Å²) >= 11 is 0. The molecule has 1 aromatic carbocycles. The molecule has 6 nitrogen and oxygen atoms in total. The van der Waals surface area contributed by atoms with Crippen LogP contribution in [0.15, 0.2) is 29.3 Å². The second-order valence-corrected chi connectivity index (χ2v) is 6.37. The van der Waals surface area contributed by atoms with Crippen LogP contribution in [0.25, 0.3) is 0 Å². The fourth-order valence-electron chi connectivity index (χ4n) is 3.13. The van der Waals surface area contributed by atoms with Gasteiger partial charge in [-0.1, -0.05) is 25.0 Å². The second-order valence-electron chi connectivity index (χ2n) is 6.37. The number of benzene rings is 1. The van der Waals surface area contributed by atoms with E-state index in [0.29, 0.717) is 6.54 Å². The molecule has 1 aliphatic heterocycles. The van der Waals surface area contributed by atoms with Gasteiger partial charge in [-0.3, -0.25) is 9.79 Å². The molecule has 0 bridgehead atoms. The molecule has 148 valence electrons. The lowest BCUT2D eigenvalue weighted by Gasteiger charge is -2.21. The van der Waals surface area contributed by atoms with Crippen molar-refractivity contribution < 1.29 is 14.3 Å². The van der Waals surface area contributed by atoms with Crippen molar-refractivity contribution in [3.8, 4) is 18.1 Å². The van der Waals surface area contributed by atoms with E-state index in [9.17, 15) is 4.79 Å². The summed E-state index contributed by atoms with van der Waals surface area (Å²) < 4.78 is 10.3. The molecule has 0 aliphatic carbocycles. The molecule has 1 fully saturated rings. The number of guanidine groups is 1. The Morgan fingerprint density at radius 3 is 2.67 bits per heavy atom. The van der Waals surface area contributed by atoms with Gasteiger partial charge in [-0.2, -0.15) is 0 Å². The van der Waals surface area contributed by atoms with E-state index in [4.69, 9.17) is 15.9 Å². The predicted molar refractivity (Wildman–Crippen MR) is 117 cm³/mol. The summed E-state index contributed by atoms with van der Waals surface area (Å²) in [6.45, 7) is 4.52. The molecule has 1 N–H and O–H groups in total. The van der Waals surface area contributed by atoms with E-state index in [0.717, 1.165) is 31.2 Å². The van der Waals surface area contributed by atoms with Crippen LogP contribution >= 0.6 is 24.0 Å². The van der Waals surface area contributed by atoms with Gasteiger partial charge in [0.25, 0.3) is 0 Å². The van der Waals surface area contributed by atoms with Crippen LogP contribution < -0.4 is 10.1 Å². The highest BCUT2D eigenvalue weighted by atomic mass is 127. The van der Waals surface area contributed by atoms with E-state index in [1.54, 1.807) is 7.05 Å². The van der Waals surface area contributed by atoms with Crippen molar-refractivity contribution in [3.63, 3.8) is 0 Å². The third-order valence-electron chi connectivity index (χ3n) is 4.57. The first-order chi connectivity index (χ1) is 12.6. The Kier molecular flexibility index (Phi) is 10.0. The van der Waals surface area contributed by atoms with Crippen LogP contribution in [0.2, 0.25) is 0 Å². The van der Waals surface area contributed by atoms with Crippen molar-refractivity contribution in [2.24, 2.45) is 16.8 Å². The lowest BCUT2D eigenvalue weighted by atomic mass is 9.99. The molecule has 0 radical (unpaired) electrons. The molecule has 1 aliphatic rings. The van der Waals surface area contributed by atoms with Crippen molar-refractivity contribution in [1.82, 2.24) is 10.2 Å². The molecule has 2 rings (SSSR count).